The first-order chi connectivity index (χ1) is 9.85. The zero-order valence-electron chi connectivity index (χ0n) is 11.7. The number of methoxy groups -OCH3 is 1. The molecular weight excluding hydrogens is 296 g/mol. The van der Waals surface area contributed by atoms with Crippen LogP contribution in [0.2, 0.25) is 0 Å². The first-order valence-electron chi connectivity index (χ1n) is 6.16. The maximum Gasteiger partial charge on any atom is 0.293 e. The third-order valence-corrected chi connectivity index (χ3v) is 4.25. The number of nitrogens with one attached hydrogen (secondary N) is 1. The van der Waals surface area contributed by atoms with E-state index in [2.05, 4.69) is 10.6 Å². The molecule has 21 heavy (non-hydrogen) atoms. The van der Waals surface area contributed by atoms with E-state index in [0.29, 0.717) is 12.8 Å². The summed E-state index contributed by atoms with van der Waals surface area (Å²) in [6, 6.07) is 2.81. The molecule has 8 heteroatoms. The predicted molar refractivity (Wildman–Crippen MR) is 77.5 cm³/mol. The Morgan fingerprint density at radius 3 is 2.67 bits per heavy atom. The average Bonchev–Trinajstić information content (AvgIpc) is 2.45. The third kappa shape index (κ3) is 4.18. The Balaban J connectivity index is 3.25. The van der Waals surface area contributed by atoms with Gasteiger partial charge in [-0.2, -0.15) is 4.72 Å². The molecular formula is C13H16N2O5S. The van der Waals surface area contributed by atoms with Crippen molar-refractivity contribution in [3.05, 3.63) is 28.3 Å². The Kier molecular flexibility index (Phi) is 5.69. The number of benzene rings is 1. The average molecular weight is 312 g/mol. The summed E-state index contributed by atoms with van der Waals surface area (Å²) in [6.45, 7) is 1.86. The van der Waals surface area contributed by atoms with E-state index in [4.69, 9.17) is 11.2 Å². The van der Waals surface area contributed by atoms with Gasteiger partial charge in [-0.3, -0.25) is 10.1 Å². The van der Waals surface area contributed by atoms with E-state index < -0.39 is 31.6 Å². The van der Waals surface area contributed by atoms with Crippen LogP contribution in [-0.2, 0) is 10.0 Å². The van der Waals surface area contributed by atoms with Gasteiger partial charge in [-0.05, 0) is 18.6 Å². The van der Waals surface area contributed by atoms with Crippen LogP contribution in [0.5, 0.6) is 5.75 Å². The molecule has 0 spiro atoms. The quantitative estimate of drug-likeness (QED) is 0.469. The lowest BCUT2D eigenvalue weighted by Crippen LogP contribution is -2.34. The fraction of sp³-hybridized carbons (Fsp3) is 0.385. The monoisotopic (exact) mass is 312 g/mol. The molecule has 0 aromatic heterocycles. The van der Waals surface area contributed by atoms with E-state index in [1.807, 2.05) is 6.92 Å². The second-order valence-corrected chi connectivity index (χ2v) is 5.90. The van der Waals surface area contributed by atoms with Crippen molar-refractivity contribution in [2.75, 3.05) is 7.11 Å². The second kappa shape index (κ2) is 7.06. The summed E-state index contributed by atoms with van der Waals surface area (Å²) in [4.78, 5) is 9.82. The summed E-state index contributed by atoms with van der Waals surface area (Å²) in [7, 11) is -2.75. The van der Waals surface area contributed by atoms with Crippen molar-refractivity contribution in [1.82, 2.24) is 4.72 Å². The van der Waals surface area contributed by atoms with Gasteiger partial charge < -0.3 is 4.74 Å². The van der Waals surface area contributed by atoms with Gasteiger partial charge in [0.1, 0.15) is 5.75 Å². The van der Waals surface area contributed by atoms with Gasteiger partial charge in [0.25, 0.3) is 5.69 Å². The van der Waals surface area contributed by atoms with Gasteiger partial charge in [-0.1, -0.05) is 19.3 Å². The molecule has 0 saturated carbocycles. The van der Waals surface area contributed by atoms with Crippen LogP contribution in [-0.4, -0.2) is 26.5 Å². The van der Waals surface area contributed by atoms with Crippen molar-refractivity contribution in [3.8, 4) is 18.1 Å². The molecule has 0 saturated heterocycles. The zero-order chi connectivity index (χ0) is 16.0. The van der Waals surface area contributed by atoms with Crippen LogP contribution in [0.15, 0.2) is 23.1 Å². The van der Waals surface area contributed by atoms with Gasteiger partial charge in [0.05, 0.1) is 24.1 Å². The van der Waals surface area contributed by atoms with E-state index >= 15 is 0 Å². The van der Waals surface area contributed by atoms with E-state index in [9.17, 15) is 18.5 Å². The van der Waals surface area contributed by atoms with Crippen molar-refractivity contribution in [2.45, 2.75) is 30.7 Å². The molecule has 7 nitrogen and oxygen atoms in total. The third-order valence-electron chi connectivity index (χ3n) is 2.73. The lowest BCUT2D eigenvalue weighted by Gasteiger charge is -2.13. The van der Waals surface area contributed by atoms with E-state index in [0.717, 1.165) is 12.1 Å². The molecule has 0 aliphatic rings. The van der Waals surface area contributed by atoms with Crippen LogP contribution < -0.4 is 9.46 Å². The smallest absolute Gasteiger partial charge is 0.293 e. The fourth-order valence-electron chi connectivity index (χ4n) is 1.71. The maximum absolute atomic E-state index is 12.2. The Hall–Kier alpha value is -2.11. The fourth-order valence-corrected chi connectivity index (χ4v) is 3.05. The van der Waals surface area contributed by atoms with Crippen LogP contribution in [0, 0.1) is 22.5 Å². The highest BCUT2D eigenvalue weighted by atomic mass is 32.2. The van der Waals surface area contributed by atoms with Crippen molar-refractivity contribution in [2.24, 2.45) is 0 Å². The van der Waals surface area contributed by atoms with Crippen molar-refractivity contribution in [3.63, 3.8) is 0 Å². The Labute approximate surface area is 123 Å². The van der Waals surface area contributed by atoms with Crippen molar-refractivity contribution >= 4 is 15.7 Å². The predicted octanol–water partition coefficient (Wildman–Crippen LogP) is 1.68. The molecule has 1 unspecified atom stereocenters. The SMILES string of the molecule is C#CC(CCC)NS(=O)(=O)c1ccc(OC)cc1[N+](=O)[O-]. The number of nitro benzene ring substituents is 1. The summed E-state index contributed by atoms with van der Waals surface area (Å²) >= 11 is 0. The van der Waals surface area contributed by atoms with Crippen LogP contribution in [0.25, 0.3) is 0 Å². The molecule has 1 aromatic carbocycles. The Morgan fingerprint density at radius 2 is 2.19 bits per heavy atom. The topological polar surface area (TPSA) is 98.5 Å². The molecule has 1 N–H and O–H groups in total. The molecule has 0 radical (unpaired) electrons. The molecule has 1 rings (SSSR count). The first-order valence-corrected chi connectivity index (χ1v) is 7.65. The van der Waals surface area contributed by atoms with E-state index in [1.54, 1.807) is 0 Å². The number of hydrogen-bond acceptors (Lipinski definition) is 5. The summed E-state index contributed by atoms with van der Waals surface area (Å²) in [5, 5.41) is 11.0. The van der Waals surface area contributed by atoms with Gasteiger partial charge in [-0.15, -0.1) is 6.42 Å². The number of nitrogens with zero attached hydrogens (tertiary/aromatic N) is 1. The van der Waals surface area contributed by atoms with Gasteiger partial charge >= 0.3 is 0 Å². The largest absolute Gasteiger partial charge is 0.497 e. The molecule has 0 amide bonds. The number of ether oxygens (including phenoxy) is 1. The molecule has 1 aromatic rings. The van der Waals surface area contributed by atoms with Gasteiger partial charge in [0.2, 0.25) is 10.0 Å². The Bertz CT molecular complexity index is 664. The van der Waals surface area contributed by atoms with Gasteiger partial charge in [0, 0.05) is 0 Å². The van der Waals surface area contributed by atoms with Crippen LogP contribution >= 0.6 is 0 Å². The molecule has 0 aliphatic heterocycles. The molecule has 114 valence electrons. The molecule has 0 fully saturated rings. The van der Waals surface area contributed by atoms with Crippen molar-refractivity contribution < 1.29 is 18.1 Å². The highest BCUT2D eigenvalue weighted by molar-refractivity contribution is 7.89. The van der Waals surface area contributed by atoms with E-state index in [-0.39, 0.29) is 5.75 Å². The van der Waals surface area contributed by atoms with E-state index in [1.165, 1.54) is 13.2 Å². The van der Waals surface area contributed by atoms with Crippen molar-refractivity contribution in [1.29, 1.82) is 0 Å². The minimum absolute atomic E-state index is 0.197. The molecule has 0 aliphatic carbocycles. The highest BCUT2D eigenvalue weighted by Crippen LogP contribution is 2.28. The number of nitro groups is 1. The van der Waals surface area contributed by atoms with Crippen LogP contribution in [0.3, 0.4) is 0 Å². The minimum Gasteiger partial charge on any atom is -0.497 e. The minimum atomic E-state index is -4.08. The molecule has 1 atom stereocenters. The normalized spacial score (nSPS) is 12.4. The molecule has 0 heterocycles. The molecule has 0 bridgehead atoms. The number of rotatable bonds is 7. The van der Waals surface area contributed by atoms with Crippen LogP contribution in [0.1, 0.15) is 19.8 Å². The van der Waals surface area contributed by atoms with Crippen LogP contribution in [0.4, 0.5) is 5.69 Å². The first kappa shape index (κ1) is 16.9. The lowest BCUT2D eigenvalue weighted by atomic mass is 10.2. The Morgan fingerprint density at radius 1 is 1.52 bits per heavy atom. The van der Waals surface area contributed by atoms with Gasteiger partial charge in [0.15, 0.2) is 4.90 Å². The zero-order valence-corrected chi connectivity index (χ0v) is 12.5. The number of hydrogen-bond donors (Lipinski definition) is 1. The second-order valence-electron chi connectivity index (χ2n) is 4.22. The summed E-state index contributed by atoms with van der Waals surface area (Å²) in [5.74, 6) is 2.51. The number of terminal acetylenes is 1. The standard InChI is InChI=1S/C13H16N2O5S/c1-4-6-10(5-2)14-21(18,19)13-8-7-11(20-3)9-12(13)15(16)17/h2,7-10,14H,4,6H2,1,3H3. The maximum atomic E-state index is 12.2. The van der Waals surface area contributed by atoms with Gasteiger partial charge in [-0.25, -0.2) is 8.42 Å². The highest BCUT2D eigenvalue weighted by Gasteiger charge is 2.28. The summed E-state index contributed by atoms with van der Waals surface area (Å²) < 4.78 is 31.6. The number of sulfonamides is 1. The summed E-state index contributed by atoms with van der Waals surface area (Å²) in [5.41, 5.74) is -0.561. The lowest BCUT2D eigenvalue weighted by molar-refractivity contribution is -0.387. The summed E-state index contributed by atoms with van der Waals surface area (Å²) in [6.07, 6.45) is 6.38.